The maximum Gasteiger partial charge on any atom is 0.0640 e. The Labute approximate surface area is 129 Å². The molecule has 0 spiro atoms. The molecule has 4 nitrogen and oxygen atoms in total. The van der Waals surface area contributed by atoms with Crippen LogP contribution in [0.25, 0.3) is 0 Å². The topological polar surface area (TPSA) is 39.1 Å². The van der Waals surface area contributed by atoms with Gasteiger partial charge in [0.2, 0.25) is 0 Å². The summed E-state index contributed by atoms with van der Waals surface area (Å²) >= 11 is 0. The van der Waals surface area contributed by atoms with Gasteiger partial charge in [0.25, 0.3) is 0 Å². The Morgan fingerprint density at radius 1 is 1.43 bits per heavy atom. The fourth-order valence-corrected chi connectivity index (χ4v) is 3.12. The molecular formula is C17H31N3O. The monoisotopic (exact) mass is 293 g/mol. The van der Waals surface area contributed by atoms with Crippen LogP contribution in [0.2, 0.25) is 0 Å². The zero-order valence-electron chi connectivity index (χ0n) is 14.0. The predicted molar refractivity (Wildman–Crippen MR) is 86.5 cm³/mol. The molecule has 21 heavy (non-hydrogen) atoms. The van der Waals surface area contributed by atoms with Gasteiger partial charge in [-0.25, -0.2) is 0 Å². The summed E-state index contributed by atoms with van der Waals surface area (Å²) in [6.07, 6.45) is 8.47. The number of ether oxygens (including phenoxy) is 1. The summed E-state index contributed by atoms with van der Waals surface area (Å²) in [6.45, 7) is 7.35. The molecule has 0 amide bonds. The maximum absolute atomic E-state index is 5.65. The van der Waals surface area contributed by atoms with Gasteiger partial charge in [-0.1, -0.05) is 6.92 Å². The first kappa shape index (κ1) is 16.5. The number of nitrogens with zero attached hydrogens (tertiary/aromatic N) is 2. The highest BCUT2D eigenvalue weighted by molar-refractivity contribution is 5.02. The van der Waals surface area contributed by atoms with E-state index in [1.54, 1.807) is 0 Å². The SMILES string of the molecule is CCOC1CC(CC(Cc2ccn(C(C)CC)n2)NC)C1. The standard InChI is InChI=1S/C17H31N3O/c1-5-13(3)20-8-7-15(19-20)12-16(18-4)9-14-10-17(11-14)21-6-2/h7-8,13-14,16-18H,5-6,9-12H2,1-4H3. The van der Waals surface area contributed by atoms with Crippen LogP contribution >= 0.6 is 0 Å². The minimum absolute atomic E-state index is 0.491. The molecule has 2 atom stereocenters. The zero-order chi connectivity index (χ0) is 15.2. The van der Waals surface area contributed by atoms with Gasteiger partial charge in [-0.2, -0.15) is 5.10 Å². The lowest BCUT2D eigenvalue weighted by Gasteiger charge is -2.36. The molecule has 1 aliphatic carbocycles. The van der Waals surface area contributed by atoms with Crippen LogP contribution in [0.5, 0.6) is 0 Å². The van der Waals surface area contributed by atoms with Crippen LogP contribution in [0.1, 0.15) is 58.2 Å². The van der Waals surface area contributed by atoms with Crippen molar-refractivity contribution in [3.8, 4) is 0 Å². The van der Waals surface area contributed by atoms with Gasteiger partial charge in [0, 0.05) is 31.3 Å². The number of likely N-dealkylation sites (N-methyl/N-ethyl adjacent to an activating group) is 1. The van der Waals surface area contributed by atoms with Crippen LogP contribution in [-0.2, 0) is 11.2 Å². The molecule has 1 heterocycles. The van der Waals surface area contributed by atoms with Crippen LogP contribution in [0.3, 0.4) is 0 Å². The van der Waals surface area contributed by atoms with E-state index in [9.17, 15) is 0 Å². The van der Waals surface area contributed by atoms with E-state index in [1.165, 1.54) is 25.0 Å². The average molecular weight is 293 g/mol. The number of hydrogen-bond donors (Lipinski definition) is 1. The molecule has 0 radical (unpaired) electrons. The van der Waals surface area contributed by atoms with Gasteiger partial charge >= 0.3 is 0 Å². The highest BCUT2D eigenvalue weighted by Gasteiger charge is 2.31. The first-order valence-electron chi connectivity index (χ1n) is 8.49. The van der Waals surface area contributed by atoms with E-state index in [1.807, 2.05) is 0 Å². The largest absolute Gasteiger partial charge is 0.378 e. The van der Waals surface area contributed by atoms with Crippen LogP contribution in [0.4, 0.5) is 0 Å². The second kappa shape index (κ2) is 7.95. The van der Waals surface area contributed by atoms with Gasteiger partial charge in [-0.3, -0.25) is 4.68 Å². The Hall–Kier alpha value is -0.870. The van der Waals surface area contributed by atoms with Crippen molar-refractivity contribution >= 4 is 0 Å². The van der Waals surface area contributed by atoms with E-state index >= 15 is 0 Å². The summed E-state index contributed by atoms with van der Waals surface area (Å²) in [5, 5.41) is 8.18. The van der Waals surface area contributed by atoms with E-state index in [-0.39, 0.29) is 0 Å². The van der Waals surface area contributed by atoms with Crippen LogP contribution in [0.15, 0.2) is 12.3 Å². The maximum atomic E-state index is 5.65. The molecule has 4 heteroatoms. The molecule has 1 saturated carbocycles. The molecule has 1 aromatic rings. The van der Waals surface area contributed by atoms with Crippen molar-refractivity contribution in [3.05, 3.63) is 18.0 Å². The molecule has 0 saturated heterocycles. The fourth-order valence-electron chi connectivity index (χ4n) is 3.12. The van der Waals surface area contributed by atoms with Crippen molar-refractivity contribution in [2.45, 2.75) is 71.1 Å². The lowest BCUT2D eigenvalue weighted by Crippen LogP contribution is -2.38. The molecule has 1 N–H and O–H groups in total. The van der Waals surface area contributed by atoms with E-state index in [4.69, 9.17) is 9.84 Å². The van der Waals surface area contributed by atoms with Crippen molar-refractivity contribution in [3.63, 3.8) is 0 Å². The number of nitrogens with one attached hydrogen (secondary N) is 1. The number of hydrogen-bond acceptors (Lipinski definition) is 3. The van der Waals surface area contributed by atoms with Crippen molar-refractivity contribution in [1.29, 1.82) is 0 Å². The highest BCUT2D eigenvalue weighted by Crippen LogP contribution is 2.34. The first-order chi connectivity index (χ1) is 10.2. The second-order valence-electron chi connectivity index (χ2n) is 6.38. The van der Waals surface area contributed by atoms with Crippen LogP contribution < -0.4 is 5.32 Å². The smallest absolute Gasteiger partial charge is 0.0640 e. The molecule has 0 bridgehead atoms. The molecule has 0 aliphatic heterocycles. The van der Waals surface area contributed by atoms with Gasteiger partial charge in [0.15, 0.2) is 0 Å². The van der Waals surface area contributed by atoms with E-state index < -0.39 is 0 Å². The van der Waals surface area contributed by atoms with E-state index in [0.29, 0.717) is 18.2 Å². The van der Waals surface area contributed by atoms with E-state index in [2.05, 4.69) is 50.1 Å². The molecule has 1 fully saturated rings. The normalized spacial score (nSPS) is 24.6. The molecule has 2 rings (SSSR count). The molecule has 120 valence electrons. The quantitative estimate of drug-likeness (QED) is 0.760. The summed E-state index contributed by atoms with van der Waals surface area (Å²) in [7, 11) is 2.06. The third-order valence-corrected chi connectivity index (χ3v) is 4.78. The van der Waals surface area contributed by atoms with Gasteiger partial charge in [-0.05, 0) is 58.6 Å². The Kier molecular flexibility index (Phi) is 6.24. The predicted octanol–water partition coefficient (Wildman–Crippen LogP) is 3.19. The fraction of sp³-hybridized carbons (Fsp3) is 0.824. The Morgan fingerprint density at radius 3 is 2.81 bits per heavy atom. The van der Waals surface area contributed by atoms with Crippen molar-refractivity contribution in [1.82, 2.24) is 15.1 Å². The van der Waals surface area contributed by atoms with Crippen LogP contribution in [-0.4, -0.2) is 35.6 Å². The summed E-state index contributed by atoms with van der Waals surface area (Å²) in [6, 6.07) is 3.18. The lowest BCUT2D eigenvalue weighted by molar-refractivity contribution is -0.0288. The second-order valence-corrected chi connectivity index (χ2v) is 6.38. The summed E-state index contributed by atoms with van der Waals surface area (Å²) in [5.41, 5.74) is 1.20. The van der Waals surface area contributed by atoms with Gasteiger partial charge in [0.1, 0.15) is 0 Å². The molecule has 2 unspecified atom stereocenters. The number of aromatic nitrogens is 2. The molecule has 0 aromatic carbocycles. The lowest BCUT2D eigenvalue weighted by atomic mass is 9.77. The molecule has 1 aromatic heterocycles. The minimum Gasteiger partial charge on any atom is -0.378 e. The zero-order valence-corrected chi connectivity index (χ0v) is 14.0. The third-order valence-electron chi connectivity index (χ3n) is 4.78. The van der Waals surface area contributed by atoms with E-state index in [0.717, 1.165) is 25.4 Å². The van der Waals surface area contributed by atoms with Crippen LogP contribution in [0, 0.1) is 5.92 Å². The Morgan fingerprint density at radius 2 is 2.19 bits per heavy atom. The molecular weight excluding hydrogens is 262 g/mol. The first-order valence-corrected chi connectivity index (χ1v) is 8.49. The summed E-state index contributed by atoms with van der Waals surface area (Å²) in [4.78, 5) is 0. The van der Waals surface area contributed by atoms with Crippen molar-refractivity contribution in [2.75, 3.05) is 13.7 Å². The Bertz CT molecular complexity index is 412. The Balaban J connectivity index is 1.78. The number of rotatable bonds is 9. The average Bonchev–Trinajstić information content (AvgIpc) is 2.91. The summed E-state index contributed by atoms with van der Waals surface area (Å²) < 4.78 is 7.74. The van der Waals surface area contributed by atoms with Gasteiger partial charge in [0.05, 0.1) is 11.8 Å². The minimum atomic E-state index is 0.491. The highest BCUT2D eigenvalue weighted by atomic mass is 16.5. The van der Waals surface area contributed by atoms with Gasteiger partial charge < -0.3 is 10.1 Å². The third kappa shape index (κ3) is 4.55. The van der Waals surface area contributed by atoms with Gasteiger partial charge in [-0.15, -0.1) is 0 Å². The summed E-state index contributed by atoms with van der Waals surface area (Å²) in [5.74, 6) is 0.815. The van der Waals surface area contributed by atoms with Crippen molar-refractivity contribution < 1.29 is 4.74 Å². The van der Waals surface area contributed by atoms with Crippen molar-refractivity contribution in [2.24, 2.45) is 5.92 Å². The molecule has 1 aliphatic rings.